The van der Waals surface area contributed by atoms with Crippen molar-refractivity contribution in [3.8, 4) is 27.4 Å². The molecule has 6 nitrogen and oxygen atoms in total. The molecule has 35 heavy (non-hydrogen) atoms. The lowest BCUT2D eigenvalue weighted by atomic mass is 9.90. The van der Waals surface area contributed by atoms with E-state index in [2.05, 4.69) is 31.1 Å². The lowest BCUT2D eigenvalue weighted by Gasteiger charge is -2.17. The Morgan fingerprint density at radius 3 is 2.66 bits per heavy atom. The Kier molecular flexibility index (Phi) is 7.18. The monoisotopic (exact) mass is 511 g/mol. The van der Waals surface area contributed by atoms with Gasteiger partial charge in [-0.3, -0.25) is 0 Å². The predicted octanol–water partition coefficient (Wildman–Crippen LogP) is 7.50. The highest BCUT2D eigenvalue weighted by Crippen LogP contribution is 2.38. The minimum atomic E-state index is -1.08. The van der Waals surface area contributed by atoms with Crippen LogP contribution in [-0.4, -0.2) is 27.7 Å². The van der Waals surface area contributed by atoms with E-state index < -0.39 is 11.8 Å². The summed E-state index contributed by atoms with van der Waals surface area (Å²) in [4.78, 5) is 23.1. The van der Waals surface area contributed by atoms with Gasteiger partial charge in [0.05, 0.1) is 12.3 Å². The summed E-state index contributed by atoms with van der Waals surface area (Å²) in [5.41, 5.74) is 2.23. The van der Waals surface area contributed by atoms with Crippen molar-refractivity contribution < 1.29 is 19.0 Å². The van der Waals surface area contributed by atoms with Crippen molar-refractivity contribution in [3.05, 3.63) is 64.2 Å². The van der Waals surface area contributed by atoms with E-state index in [1.165, 1.54) is 28.7 Å². The number of nitrogens with zero attached hydrogens (tertiary/aromatic N) is 2. The van der Waals surface area contributed by atoms with Gasteiger partial charge in [0.2, 0.25) is 0 Å². The maximum absolute atomic E-state index is 14.2. The standard InChI is InChI=1S/C26H26FN3O3S2/c1-5-33-19-12-15(8-9-18(19)27)22-21(13-26(2,3)4)35-25(29-22)30-23-17(24(31)32)11-16(14-28-23)20-7-6-10-34-20/h6-12,14H,5,13H2,1-4H3,(H,31,32)(H,28,29,30). The van der Waals surface area contributed by atoms with Gasteiger partial charge in [0.1, 0.15) is 11.4 Å². The smallest absolute Gasteiger partial charge is 0.339 e. The number of thiophene rings is 1. The number of carboxylic acids is 1. The molecule has 0 aliphatic carbocycles. The van der Waals surface area contributed by atoms with E-state index in [0.29, 0.717) is 17.4 Å². The first-order chi connectivity index (χ1) is 16.6. The van der Waals surface area contributed by atoms with E-state index in [4.69, 9.17) is 9.72 Å². The van der Waals surface area contributed by atoms with Gasteiger partial charge in [-0.1, -0.05) is 26.8 Å². The molecule has 0 aliphatic heterocycles. The predicted molar refractivity (Wildman–Crippen MR) is 140 cm³/mol. The van der Waals surface area contributed by atoms with Gasteiger partial charge in [-0.05, 0) is 54.5 Å². The summed E-state index contributed by atoms with van der Waals surface area (Å²) in [6, 6.07) is 10.2. The molecule has 2 N–H and O–H groups in total. The number of pyridine rings is 1. The number of hydrogen-bond acceptors (Lipinski definition) is 7. The van der Waals surface area contributed by atoms with Gasteiger partial charge in [-0.25, -0.2) is 19.2 Å². The van der Waals surface area contributed by atoms with Crippen LogP contribution in [0.3, 0.4) is 0 Å². The Morgan fingerprint density at radius 2 is 2.00 bits per heavy atom. The number of carboxylic acid groups (broad SMARTS) is 1. The number of hydrogen-bond donors (Lipinski definition) is 2. The van der Waals surface area contributed by atoms with Gasteiger partial charge < -0.3 is 15.2 Å². The Morgan fingerprint density at radius 1 is 1.20 bits per heavy atom. The first-order valence-corrected chi connectivity index (χ1v) is 12.8. The van der Waals surface area contributed by atoms with Crippen molar-refractivity contribution in [2.75, 3.05) is 11.9 Å². The number of carbonyl (C=O) groups is 1. The fourth-order valence-corrected chi connectivity index (χ4v) is 5.55. The second-order valence-electron chi connectivity index (χ2n) is 9.13. The van der Waals surface area contributed by atoms with Crippen LogP contribution in [0.2, 0.25) is 0 Å². The SMILES string of the molecule is CCOc1cc(-c2nc(Nc3ncc(-c4cccs4)cc3C(=O)O)sc2CC(C)(C)C)ccc1F. The molecule has 0 unspecified atom stereocenters. The van der Waals surface area contributed by atoms with Crippen molar-refractivity contribution in [3.63, 3.8) is 0 Å². The first-order valence-electron chi connectivity index (χ1n) is 11.1. The summed E-state index contributed by atoms with van der Waals surface area (Å²) in [5.74, 6) is -1.12. The van der Waals surface area contributed by atoms with Crippen molar-refractivity contribution in [1.29, 1.82) is 0 Å². The second-order valence-corrected chi connectivity index (χ2v) is 11.2. The molecule has 9 heteroatoms. The zero-order chi connectivity index (χ0) is 25.2. The van der Waals surface area contributed by atoms with Gasteiger partial charge in [0.15, 0.2) is 16.7 Å². The quantitative estimate of drug-likeness (QED) is 0.255. The van der Waals surface area contributed by atoms with Gasteiger partial charge in [0.25, 0.3) is 0 Å². The van der Waals surface area contributed by atoms with Crippen LogP contribution < -0.4 is 10.1 Å². The minimum absolute atomic E-state index is 0.0197. The molecule has 3 aromatic heterocycles. The first kappa shape index (κ1) is 24.8. The number of anilines is 2. The number of aromatic nitrogens is 2. The van der Waals surface area contributed by atoms with Gasteiger partial charge >= 0.3 is 5.97 Å². The highest BCUT2D eigenvalue weighted by atomic mass is 32.1. The third-order valence-corrected chi connectivity index (χ3v) is 6.93. The largest absolute Gasteiger partial charge is 0.491 e. The van der Waals surface area contributed by atoms with Gasteiger partial charge in [-0.15, -0.1) is 22.7 Å². The van der Waals surface area contributed by atoms with E-state index in [-0.39, 0.29) is 22.5 Å². The number of aromatic carboxylic acids is 1. The van der Waals surface area contributed by atoms with Crippen LogP contribution in [0.15, 0.2) is 48.0 Å². The number of benzene rings is 1. The Bertz CT molecular complexity index is 1340. The molecule has 4 aromatic rings. The molecular formula is C26H26FN3O3S2. The maximum Gasteiger partial charge on any atom is 0.339 e. The van der Waals surface area contributed by atoms with Gasteiger partial charge in [-0.2, -0.15) is 0 Å². The zero-order valence-corrected chi connectivity index (χ0v) is 21.5. The lowest BCUT2D eigenvalue weighted by molar-refractivity contribution is 0.0697. The summed E-state index contributed by atoms with van der Waals surface area (Å²) < 4.78 is 19.6. The Balaban J connectivity index is 1.74. The molecule has 0 saturated carbocycles. The molecule has 0 spiro atoms. The molecule has 3 heterocycles. The normalized spacial score (nSPS) is 11.5. The van der Waals surface area contributed by atoms with Crippen LogP contribution in [-0.2, 0) is 6.42 Å². The van der Waals surface area contributed by atoms with Crippen LogP contribution in [0.4, 0.5) is 15.3 Å². The van der Waals surface area contributed by atoms with E-state index in [1.807, 2.05) is 17.5 Å². The maximum atomic E-state index is 14.2. The minimum Gasteiger partial charge on any atom is -0.491 e. The zero-order valence-electron chi connectivity index (χ0n) is 19.9. The van der Waals surface area contributed by atoms with Crippen molar-refractivity contribution in [1.82, 2.24) is 9.97 Å². The number of halogens is 1. The van der Waals surface area contributed by atoms with E-state index in [1.54, 1.807) is 31.3 Å². The third kappa shape index (κ3) is 5.86. The molecule has 0 aliphatic rings. The fraction of sp³-hybridized carbons (Fsp3) is 0.269. The summed E-state index contributed by atoms with van der Waals surface area (Å²) in [7, 11) is 0. The third-order valence-electron chi connectivity index (χ3n) is 5.04. The Hall–Kier alpha value is -3.30. The molecule has 1 aromatic carbocycles. The van der Waals surface area contributed by atoms with Crippen LogP contribution in [0.25, 0.3) is 21.7 Å². The van der Waals surface area contributed by atoms with Crippen molar-refractivity contribution in [2.24, 2.45) is 5.41 Å². The van der Waals surface area contributed by atoms with Crippen molar-refractivity contribution in [2.45, 2.75) is 34.1 Å². The molecular weight excluding hydrogens is 485 g/mol. The van der Waals surface area contributed by atoms with E-state index >= 15 is 0 Å². The molecule has 0 amide bonds. The average molecular weight is 512 g/mol. The molecule has 4 rings (SSSR count). The molecule has 0 radical (unpaired) electrons. The summed E-state index contributed by atoms with van der Waals surface area (Å²) in [6.07, 6.45) is 2.39. The van der Waals surface area contributed by atoms with E-state index in [0.717, 1.165) is 27.3 Å². The summed E-state index contributed by atoms with van der Waals surface area (Å²) >= 11 is 2.95. The number of rotatable bonds is 8. The topological polar surface area (TPSA) is 84.3 Å². The molecule has 182 valence electrons. The Labute approximate surface area is 211 Å². The lowest BCUT2D eigenvalue weighted by Crippen LogP contribution is -2.08. The highest BCUT2D eigenvalue weighted by Gasteiger charge is 2.22. The fourth-order valence-electron chi connectivity index (χ4n) is 3.56. The van der Waals surface area contributed by atoms with Crippen molar-refractivity contribution >= 4 is 39.6 Å². The van der Waals surface area contributed by atoms with Crippen LogP contribution in [0.5, 0.6) is 5.75 Å². The molecule has 0 bridgehead atoms. The molecule has 0 atom stereocenters. The highest BCUT2D eigenvalue weighted by molar-refractivity contribution is 7.16. The van der Waals surface area contributed by atoms with Crippen LogP contribution in [0, 0.1) is 11.2 Å². The average Bonchev–Trinajstić information content (AvgIpc) is 3.45. The second kappa shape index (κ2) is 10.1. The summed E-state index contributed by atoms with van der Waals surface area (Å²) in [6.45, 7) is 8.55. The summed E-state index contributed by atoms with van der Waals surface area (Å²) in [5, 5.41) is 15.4. The van der Waals surface area contributed by atoms with Crippen LogP contribution in [0.1, 0.15) is 42.9 Å². The molecule has 0 fully saturated rings. The van der Waals surface area contributed by atoms with Gasteiger partial charge in [0, 0.05) is 27.1 Å². The van der Waals surface area contributed by atoms with Crippen LogP contribution >= 0.6 is 22.7 Å². The molecule has 0 saturated heterocycles. The number of thiazole rings is 1. The number of ether oxygens (including phenoxy) is 1. The van der Waals surface area contributed by atoms with E-state index in [9.17, 15) is 14.3 Å². The number of nitrogens with one attached hydrogen (secondary N) is 1.